The molecule has 0 rings (SSSR count). The zero-order chi connectivity index (χ0) is 22.5. The largest absolute Gasteiger partial charge is 0.481 e. The molecule has 2 N–H and O–H groups in total. The van der Waals surface area contributed by atoms with E-state index in [0.29, 0.717) is 12.8 Å². The van der Waals surface area contributed by atoms with Gasteiger partial charge in [-0.25, -0.2) is 0 Å². The molecular formula is C26H50O4. The lowest BCUT2D eigenvalue weighted by molar-refractivity contribution is -0.145. The van der Waals surface area contributed by atoms with Crippen molar-refractivity contribution >= 4 is 11.9 Å². The minimum atomic E-state index is -0.828. The van der Waals surface area contributed by atoms with E-state index in [-0.39, 0.29) is 18.3 Å². The average Bonchev–Trinajstić information content (AvgIpc) is 2.70. The summed E-state index contributed by atoms with van der Waals surface area (Å²) in [7, 11) is 0. The molecule has 0 aliphatic carbocycles. The van der Waals surface area contributed by atoms with E-state index in [0.717, 1.165) is 25.7 Å². The highest BCUT2D eigenvalue weighted by Gasteiger charge is 2.27. The predicted octanol–water partition coefficient (Wildman–Crippen LogP) is 8.23. The van der Waals surface area contributed by atoms with Gasteiger partial charge < -0.3 is 10.2 Å². The Morgan fingerprint density at radius 2 is 0.967 bits per heavy atom. The Kier molecular flexibility index (Phi) is 20.4. The molecule has 0 saturated heterocycles. The molecule has 0 heterocycles. The Balaban J connectivity index is 4.39. The van der Waals surface area contributed by atoms with Gasteiger partial charge in [0.25, 0.3) is 0 Å². The predicted molar refractivity (Wildman–Crippen MR) is 126 cm³/mol. The molecule has 0 radical (unpaired) electrons. The molecule has 0 amide bonds. The van der Waals surface area contributed by atoms with Gasteiger partial charge in [-0.15, -0.1) is 0 Å². The van der Waals surface area contributed by atoms with Gasteiger partial charge in [0.05, 0.1) is 5.92 Å². The number of carboxylic acids is 2. The summed E-state index contributed by atoms with van der Waals surface area (Å²) in [6, 6.07) is 0. The van der Waals surface area contributed by atoms with Gasteiger partial charge in [0.1, 0.15) is 0 Å². The van der Waals surface area contributed by atoms with Crippen LogP contribution >= 0.6 is 0 Å². The van der Waals surface area contributed by atoms with Crippen LogP contribution in [0, 0.1) is 11.8 Å². The summed E-state index contributed by atoms with van der Waals surface area (Å²) in [4.78, 5) is 22.7. The first-order valence-electron chi connectivity index (χ1n) is 13.0. The van der Waals surface area contributed by atoms with Gasteiger partial charge in [-0.2, -0.15) is 0 Å². The van der Waals surface area contributed by atoms with Gasteiger partial charge in [-0.05, 0) is 31.6 Å². The van der Waals surface area contributed by atoms with Crippen molar-refractivity contribution < 1.29 is 19.8 Å². The lowest BCUT2D eigenvalue weighted by atomic mass is 9.80. The van der Waals surface area contributed by atoms with Gasteiger partial charge in [-0.3, -0.25) is 9.59 Å². The molecule has 30 heavy (non-hydrogen) atoms. The quantitative estimate of drug-likeness (QED) is 0.161. The van der Waals surface area contributed by atoms with Crippen LogP contribution in [-0.4, -0.2) is 22.2 Å². The molecule has 0 aromatic heterocycles. The molecule has 0 aliphatic heterocycles. The summed E-state index contributed by atoms with van der Waals surface area (Å²) in [6.07, 6.45) is 21.8. The molecule has 0 aromatic carbocycles. The maximum atomic E-state index is 11.9. The molecule has 0 bridgehead atoms. The monoisotopic (exact) mass is 426 g/mol. The maximum Gasteiger partial charge on any atom is 0.306 e. The lowest BCUT2D eigenvalue weighted by Gasteiger charge is -2.24. The van der Waals surface area contributed by atoms with Crippen molar-refractivity contribution in [1.82, 2.24) is 0 Å². The van der Waals surface area contributed by atoms with Crippen LogP contribution in [0.5, 0.6) is 0 Å². The number of unbranched alkanes of at least 4 members (excludes halogenated alkanes) is 13. The number of aliphatic carboxylic acids is 2. The first kappa shape index (κ1) is 28.9. The molecular weight excluding hydrogens is 376 g/mol. The molecule has 0 aliphatic rings. The lowest BCUT2D eigenvalue weighted by Crippen LogP contribution is -2.24. The smallest absolute Gasteiger partial charge is 0.306 e. The highest BCUT2D eigenvalue weighted by molar-refractivity contribution is 5.70. The number of rotatable bonds is 23. The minimum absolute atomic E-state index is 0.0751. The Labute approximate surface area is 186 Å². The number of hydrogen-bond donors (Lipinski definition) is 2. The van der Waals surface area contributed by atoms with Crippen molar-refractivity contribution in [2.24, 2.45) is 11.8 Å². The molecule has 178 valence electrons. The van der Waals surface area contributed by atoms with E-state index in [1.54, 1.807) is 0 Å². The number of hydrogen-bond acceptors (Lipinski definition) is 2. The van der Waals surface area contributed by atoms with Crippen LogP contribution in [0.2, 0.25) is 0 Å². The minimum Gasteiger partial charge on any atom is -0.481 e. The van der Waals surface area contributed by atoms with E-state index in [9.17, 15) is 14.7 Å². The number of carbonyl (C=O) groups is 2. The third-order valence-corrected chi connectivity index (χ3v) is 6.40. The van der Waals surface area contributed by atoms with Gasteiger partial charge in [0.15, 0.2) is 0 Å². The van der Waals surface area contributed by atoms with Crippen LogP contribution in [0.3, 0.4) is 0 Å². The second-order valence-corrected chi connectivity index (χ2v) is 9.16. The maximum absolute atomic E-state index is 11.9. The fourth-order valence-corrected chi connectivity index (χ4v) is 4.48. The van der Waals surface area contributed by atoms with Gasteiger partial charge in [-0.1, -0.05) is 110 Å². The molecule has 0 spiro atoms. The second-order valence-electron chi connectivity index (χ2n) is 9.16. The fourth-order valence-electron chi connectivity index (χ4n) is 4.48. The summed E-state index contributed by atoms with van der Waals surface area (Å²) in [5.74, 6) is -1.74. The van der Waals surface area contributed by atoms with Crippen LogP contribution in [0.1, 0.15) is 142 Å². The molecule has 2 atom stereocenters. The van der Waals surface area contributed by atoms with Crippen LogP contribution in [0.4, 0.5) is 0 Å². The Hall–Kier alpha value is -1.06. The summed E-state index contributed by atoms with van der Waals surface area (Å²) >= 11 is 0. The second kappa shape index (κ2) is 21.2. The van der Waals surface area contributed by atoms with Crippen LogP contribution in [-0.2, 0) is 9.59 Å². The zero-order valence-corrected chi connectivity index (χ0v) is 20.0. The molecule has 2 unspecified atom stereocenters. The third-order valence-electron chi connectivity index (χ3n) is 6.40. The normalized spacial score (nSPS) is 13.3. The topological polar surface area (TPSA) is 74.6 Å². The number of carboxylic acid groups (broad SMARTS) is 2. The standard InChI is InChI=1S/C26H50O4/c1-3-5-7-9-11-13-15-17-20-23(19-16-14-12-10-8-6-4-2)24(26(29)30)21-18-22-25(27)28/h23-24H,3-22H2,1-2H3,(H,27,28)(H,29,30). The van der Waals surface area contributed by atoms with E-state index >= 15 is 0 Å². The zero-order valence-electron chi connectivity index (χ0n) is 20.0. The Morgan fingerprint density at radius 3 is 1.33 bits per heavy atom. The summed E-state index contributed by atoms with van der Waals surface area (Å²) in [5, 5.41) is 18.7. The van der Waals surface area contributed by atoms with Crippen LogP contribution in [0.15, 0.2) is 0 Å². The highest BCUT2D eigenvalue weighted by atomic mass is 16.4. The SMILES string of the molecule is CCCCCCCCCCC(CCCCCCCCC)C(CCCC(=O)O)C(=O)O. The highest BCUT2D eigenvalue weighted by Crippen LogP contribution is 2.30. The van der Waals surface area contributed by atoms with E-state index in [4.69, 9.17) is 5.11 Å². The first-order valence-corrected chi connectivity index (χ1v) is 13.0. The van der Waals surface area contributed by atoms with Crippen LogP contribution < -0.4 is 0 Å². The summed E-state index contributed by atoms with van der Waals surface area (Å²) in [5.41, 5.74) is 0. The summed E-state index contributed by atoms with van der Waals surface area (Å²) in [6.45, 7) is 4.47. The Morgan fingerprint density at radius 1 is 0.567 bits per heavy atom. The van der Waals surface area contributed by atoms with E-state index in [1.165, 1.54) is 83.5 Å². The summed E-state index contributed by atoms with van der Waals surface area (Å²) < 4.78 is 0. The van der Waals surface area contributed by atoms with E-state index in [1.807, 2.05) is 0 Å². The van der Waals surface area contributed by atoms with Crippen molar-refractivity contribution in [2.45, 2.75) is 142 Å². The third kappa shape index (κ3) is 17.8. The first-order chi connectivity index (χ1) is 14.5. The van der Waals surface area contributed by atoms with Crippen molar-refractivity contribution in [3.8, 4) is 0 Å². The van der Waals surface area contributed by atoms with E-state index in [2.05, 4.69) is 13.8 Å². The van der Waals surface area contributed by atoms with Crippen LogP contribution in [0.25, 0.3) is 0 Å². The molecule has 0 aromatic rings. The van der Waals surface area contributed by atoms with E-state index < -0.39 is 11.9 Å². The van der Waals surface area contributed by atoms with Crippen molar-refractivity contribution in [3.05, 3.63) is 0 Å². The van der Waals surface area contributed by atoms with Gasteiger partial charge in [0, 0.05) is 6.42 Å². The average molecular weight is 427 g/mol. The van der Waals surface area contributed by atoms with Gasteiger partial charge >= 0.3 is 11.9 Å². The molecule has 4 nitrogen and oxygen atoms in total. The Bertz CT molecular complexity index is 408. The fraction of sp³-hybridized carbons (Fsp3) is 0.923. The molecule has 0 saturated carbocycles. The van der Waals surface area contributed by atoms with Crippen molar-refractivity contribution in [2.75, 3.05) is 0 Å². The van der Waals surface area contributed by atoms with Gasteiger partial charge in [0.2, 0.25) is 0 Å². The molecule has 4 heteroatoms. The van der Waals surface area contributed by atoms with Crippen molar-refractivity contribution in [1.29, 1.82) is 0 Å². The van der Waals surface area contributed by atoms with Crippen molar-refractivity contribution in [3.63, 3.8) is 0 Å². The molecule has 0 fully saturated rings.